The van der Waals surface area contributed by atoms with Crippen molar-refractivity contribution in [3.05, 3.63) is 63.7 Å². The van der Waals surface area contributed by atoms with E-state index in [0.29, 0.717) is 0 Å². The molecule has 0 saturated carbocycles. The van der Waals surface area contributed by atoms with Crippen LogP contribution in [0, 0.1) is 0 Å². The lowest BCUT2D eigenvalue weighted by molar-refractivity contribution is 0.473. The lowest BCUT2D eigenvalue weighted by Crippen LogP contribution is -2.29. The van der Waals surface area contributed by atoms with Crippen LogP contribution in [0.15, 0.2) is 52.5 Å². The largest absolute Gasteiger partial charge is 0.0804 e. The van der Waals surface area contributed by atoms with Gasteiger partial charge in [0.05, 0.1) is 0 Å². The molecule has 0 aromatic heterocycles. The Labute approximate surface area is 128 Å². The molecule has 0 saturated heterocycles. The molecule has 0 N–H and O–H groups in total. The van der Waals surface area contributed by atoms with Gasteiger partial charge in [0.1, 0.15) is 0 Å². The summed E-state index contributed by atoms with van der Waals surface area (Å²) in [5.41, 5.74) is 4.58. The lowest BCUT2D eigenvalue weighted by Gasteiger charge is -2.39. The second kappa shape index (κ2) is 4.33. The minimum atomic E-state index is 0.189. The van der Waals surface area contributed by atoms with Gasteiger partial charge in [-0.1, -0.05) is 65.3 Å². The molecular weight excluding hydrogens is 308 g/mol. The van der Waals surface area contributed by atoms with Crippen molar-refractivity contribution in [3.63, 3.8) is 0 Å². The normalized spacial score (nSPS) is 24.2. The molecule has 4 rings (SSSR count). The fraction of sp³-hybridized carbons (Fsp3) is 0.263. The first-order chi connectivity index (χ1) is 9.70. The minimum absolute atomic E-state index is 0.189. The van der Waals surface area contributed by atoms with Crippen LogP contribution in [-0.2, 0) is 5.41 Å². The van der Waals surface area contributed by atoms with E-state index in [-0.39, 0.29) is 5.41 Å². The molecule has 20 heavy (non-hydrogen) atoms. The van der Waals surface area contributed by atoms with Crippen molar-refractivity contribution in [2.24, 2.45) is 0 Å². The zero-order chi connectivity index (χ0) is 13.7. The number of hydrogen-bond donors (Lipinski definition) is 0. The predicted molar refractivity (Wildman–Crippen MR) is 90.0 cm³/mol. The molecule has 0 heterocycles. The number of fused-ring (bicyclic) bond motifs is 5. The third-order valence-corrected chi connectivity index (χ3v) is 5.60. The molecule has 0 aliphatic heterocycles. The van der Waals surface area contributed by atoms with E-state index in [2.05, 4.69) is 71.4 Å². The Morgan fingerprint density at radius 2 is 1.90 bits per heavy atom. The highest BCUT2D eigenvalue weighted by atomic mass is 79.9. The van der Waals surface area contributed by atoms with E-state index in [9.17, 15) is 0 Å². The van der Waals surface area contributed by atoms with Crippen LogP contribution in [0.5, 0.6) is 0 Å². The quantitative estimate of drug-likeness (QED) is 0.557. The van der Waals surface area contributed by atoms with Crippen molar-refractivity contribution in [2.75, 3.05) is 0 Å². The number of rotatable bonds is 0. The third kappa shape index (κ3) is 1.59. The molecule has 2 aromatic rings. The van der Waals surface area contributed by atoms with Gasteiger partial charge in [0.2, 0.25) is 0 Å². The zero-order valence-electron chi connectivity index (χ0n) is 11.6. The highest BCUT2D eigenvalue weighted by Gasteiger charge is 2.36. The molecule has 1 atom stereocenters. The summed E-state index contributed by atoms with van der Waals surface area (Å²) in [5.74, 6) is 0. The smallest absolute Gasteiger partial charge is 0.0257 e. The Balaban J connectivity index is 2.11. The second-order valence-electron chi connectivity index (χ2n) is 6.08. The molecule has 1 heteroatoms. The molecule has 2 aliphatic rings. The Morgan fingerprint density at radius 3 is 2.75 bits per heavy atom. The summed E-state index contributed by atoms with van der Waals surface area (Å²) >= 11 is 3.77. The molecule has 2 aromatic carbocycles. The summed E-state index contributed by atoms with van der Waals surface area (Å²) in [6, 6.07) is 11.0. The van der Waals surface area contributed by atoms with Gasteiger partial charge < -0.3 is 0 Å². The average molecular weight is 325 g/mol. The molecule has 0 amide bonds. The van der Waals surface area contributed by atoms with Gasteiger partial charge in [-0.3, -0.25) is 0 Å². The van der Waals surface area contributed by atoms with Crippen LogP contribution in [0.3, 0.4) is 0 Å². The summed E-state index contributed by atoms with van der Waals surface area (Å²) in [7, 11) is 0. The van der Waals surface area contributed by atoms with Gasteiger partial charge in [-0.05, 0) is 52.8 Å². The van der Waals surface area contributed by atoms with E-state index in [0.717, 1.165) is 0 Å². The highest BCUT2D eigenvalue weighted by Crippen LogP contribution is 2.48. The van der Waals surface area contributed by atoms with Crippen LogP contribution >= 0.6 is 15.9 Å². The molecule has 0 radical (unpaired) electrons. The fourth-order valence-electron chi connectivity index (χ4n) is 3.79. The van der Waals surface area contributed by atoms with Crippen molar-refractivity contribution >= 4 is 32.8 Å². The van der Waals surface area contributed by atoms with E-state index in [1.54, 1.807) is 0 Å². The monoisotopic (exact) mass is 324 g/mol. The van der Waals surface area contributed by atoms with E-state index in [1.807, 2.05) is 0 Å². The molecule has 1 unspecified atom stereocenters. The number of halogens is 1. The molecular formula is C19H17Br. The zero-order valence-corrected chi connectivity index (χ0v) is 13.2. The topological polar surface area (TPSA) is 0 Å². The van der Waals surface area contributed by atoms with Crippen molar-refractivity contribution in [3.8, 4) is 0 Å². The Bertz CT molecular complexity index is 767. The summed E-state index contributed by atoms with van der Waals surface area (Å²) in [6.07, 6.45) is 10.8. The highest BCUT2D eigenvalue weighted by molar-refractivity contribution is 9.10. The van der Waals surface area contributed by atoms with Crippen LogP contribution in [-0.4, -0.2) is 0 Å². The van der Waals surface area contributed by atoms with Gasteiger partial charge in [-0.2, -0.15) is 0 Å². The van der Waals surface area contributed by atoms with Crippen LogP contribution in [0.2, 0.25) is 0 Å². The summed E-state index contributed by atoms with van der Waals surface area (Å²) in [6.45, 7) is 2.40. The third-order valence-electron chi connectivity index (χ3n) is 4.94. The lowest BCUT2D eigenvalue weighted by atomic mass is 9.65. The number of allylic oxidation sites excluding steroid dienone is 3. The van der Waals surface area contributed by atoms with Gasteiger partial charge in [-0.15, -0.1) is 0 Å². The summed E-state index contributed by atoms with van der Waals surface area (Å²) in [4.78, 5) is 0. The molecule has 2 aliphatic carbocycles. The molecule has 100 valence electrons. The Kier molecular flexibility index (Phi) is 2.68. The van der Waals surface area contributed by atoms with Crippen LogP contribution in [0.25, 0.3) is 16.8 Å². The maximum Gasteiger partial charge on any atom is 0.0257 e. The average Bonchev–Trinajstić information content (AvgIpc) is 2.48. The van der Waals surface area contributed by atoms with E-state index in [1.165, 1.54) is 51.2 Å². The van der Waals surface area contributed by atoms with E-state index < -0.39 is 0 Å². The Morgan fingerprint density at radius 1 is 1.10 bits per heavy atom. The first-order valence-electron chi connectivity index (χ1n) is 7.30. The fourth-order valence-corrected chi connectivity index (χ4v) is 4.36. The van der Waals surface area contributed by atoms with Crippen LogP contribution in [0.4, 0.5) is 0 Å². The molecule has 0 bridgehead atoms. The second-order valence-corrected chi connectivity index (χ2v) is 6.94. The maximum absolute atomic E-state index is 3.77. The van der Waals surface area contributed by atoms with Crippen molar-refractivity contribution in [1.82, 2.24) is 0 Å². The van der Waals surface area contributed by atoms with Crippen molar-refractivity contribution < 1.29 is 0 Å². The van der Waals surface area contributed by atoms with Gasteiger partial charge in [0.25, 0.3) is 0 Å². The maximum atomic E-state index is 3.77. The summed E-state index contributed by atoms with van der Waals surface area (Å²) in [5, 5.41) is 2.67. The van der Waals surface area contributed by atoms with Crippen LogP contribution < -0.4 is 0 Å². The van der Waals surface area contributed by atoms with E-state index >= 15 is 0 Å². The Hall–Kier alpha value is -1.34. The minimum Gasteiger partial charge on any atom is -0.0804 e. The first-order valence-corrected chi connectivity index (χ1v) is 8.10. The van der Waals surface area contributed by atoms with Gasteiger partial charge in [0.15, 0.2) is 0 Å². The van der Waals surface area contributed by atoms with Crippen LogP contribution in [0.1, 0.15) is 37.3 Å². The standard InChI is InChI=1S/C19H17Br/c1-19-11-5-4-6-13(19)9-10-15-14-7-2-3-8-16(14)18(20)12-17(15)19/h2-3,6-10,12H,4-5,11H2,1H3. The van der Waals surface area contributed by atoms with Crippen molar-refractivity contribution in [2.45, 2.75) is 31.6 Å². The summed E-state index contributed by atoms with van der Waals surface area (Å²) < 4.78 is 1.22. The first kappa shape index (κ1) is 12.4. The SMILES string of the molecule is CC12CCCC=C1C=Cc1c2cc(Br)c2ccccc12. The van der Waals surface area contributed by atoms with E-state index in [4.69, 9.17) is 0 Å². The number of hydrogen-bond acceptors (Lipinski definition) is 0. The molecule has 0 nitrogen and oxygen atoms in total. The molecule has 0 spiro atoms. The molecule has 0 fully saturated rings. The van der Waals surface area contributed by atoms with Crippen molar-refractivity contribution in [1.29, 1.82) is 0 Å². The van der Waals surface area contributed by atoms with Gasteiger partial charge >= 0.3 is 0 Å². The van der Waals surface area contributed by atoms with Gasteiger partial charge in [0, 0.05) is 9.89 Å². The van der Waals surface area contributed by atoms with Gasteiger partial charge in [-0.25, -0.2) is 0 Å². The predicted octanol–water partition coefficient (Wildman–Crippen LogP) is 6.00. The number of benzene rings is 2.